The predicted molar refractivity (Wildman–Crippen MR) is 74.7 cm³/mol. The van der Waals surface area contributed by atoms with Crippen molar-refractivity contribution in [1.82, 2.24) is 14.9 Å². The Hall–Kier alpha value is -1.85. The number of rotatable bonds is 3. The van der Waals surface area contributed by atoms with Gasteiger partial charge in [0.25, 0.3) is 0 Å². The number of aromatic nitrogens is 2. The summed E-state index contributed by atoms with van der Waals surface area (Å²) in [4.78, 5) is 24.3. The molecule has 0 saturated carbocycles. The molecule has 6 heteroatoms. The highest BCUT2D eigenvalue weighted by molar-refractivity contribution is 5.76. The number of piperazine rings is 1. The minimum Gasteiger partial charge on any atom is -0.382 e. The number of anilines is 2. The van der Waals surface area contributed by atoms with Crippen molar-refractivity contribution >= 4 is 17.5 Å². The average Bonchev–Trinajstić information content (AvgIpc) is 2.38. The number of nitrogens with zero attached hydrogens (tertiary/aromatic N) is 4. The second-order valence-corrected chi connectivity index (χ2v) is 5.27. The van der Waals surface area contributed by atoms with Gasteiger partial charge in [-0.15, -0.1) is 0 Å². The molecule has 104 valence electrons. The first-order valence-corrected chi connectivity index (χ1v) is 6.66. The second-order valence-electron chi connectivity index (χ2n) is 5.27. The Labute approximate surface area is 113 Å². The van der Waals surface area contributed by atoms with Gasteiger partial charge in [0.15, 0.2) is 0 Å². The Kier molecular flexibility index (Phi) is 4.19. The van der Waals surface area contributed by atoms with Crippen molar-refractivity contribution in [2.75, 3.05) is 36.8 Å². The number of amides is 1. The smallest absolute Gasteiger partial charge is 0.222 e. The van der Waals surface area contributed by atoms with Crippen LogP contribution in [0.4, 0.5) is 11.6 Å². The highest BCUT2D eigenvalue weighted by Gasteiger charge is 2.22. The highest BCUT2D eigenvalue weighted by Crippen LogP contribution is 2.14. The first-order valence-electron chi connectivity index (χ1n) is 6.66. The topological polar surface area (TPSA) is 75.4 Å². The SMILES string of the molecule is CC(C)CC(=O)N1CCN(c2cncc(N)n2)CC1. The largest absolute Gasteiger partial charge is 0.382 e. The lowest BCUT2D eigenvalue weighted by molar-refractivity contribution is -0.132. The molecule has 2 heterocycles. The average molecular weight is 263 g/mol. The van der Waals surface area contributed by atoms with Crippen molar-refractivity contribution in [3.8, 4) is 0 Å². The van der Waals surface area contributed by atoms with Crippen molar-refractivity contribution in [3.05, 3.63) is 12.4 Å². The summed E-state index contributed by atoms with van der Waals surface area (Å²) in [5, 5.41) is 0. The fourth-order valence-electron chi connectivity index (χ4n) is 2.19. The van der Waals surface area contributed by atoms with Gasteiger partial charge in [-0.2, -0.15) is 0 Å². The van der Waals surface area contributed by atoms with E-state index in [1.165, 1.54) is 6.20 Å². The van der Waals surface area contributed by atoms with Gasteiger partial charge >= 0.3 is 0 Å². The summed E-state index contributed by atoms with van der Waals surface area (Å²) in [6.07, 6.45) is 3.87. The molecule has 1 fully saturated rings. The zero-order chi connectivity index (χ0) is 13.8. The highest BCUT2D eigenvalue weighted by atomic mass is 16.2. The first kappa shape index (κ1) is 13.6. The quantitative estimate of drug-likeness (QED) is 0.871. The molecule has 1 aromatic rings. The van der Waals surface area contributed by atoms with Crippen LogP contribution in [0.15, 0.2) is 12.4 Å². The van der Waals surface area contributed by atoms with Crippen LogP contribution >= 0.6 is 0 Å². The van der Waals surface area contributed by atoms with Gasteiger partial charge in [-0.1, -0.05) is 13.8 Å². The van der Waals surface area contributed by atoms with Crippen LogP contribution < -0.4 is 10.6 Å². The molecule has 19 heavy (non-hydrogen) atoms. The predicted octanol–water partition coefficient (Wildman–Crippen LogP) is 0.754. The Morgan fingerprint density at radius 2 is 2.00 bits per heavy atom. The van der Waals surface area contributed by atoms with E-state index in [-0.39, 0.29) is 5.91 Å². The Balaban J connectivity index is 1.90. The lowest BCUT2D eigenvalue weighted by Crippen LogP contribution is -2.49. The summed E-state index contributed by atoms with van der Waals surface area (Å²) in [5.74, 6) is 1.87. The molecule has 2 N–H and O–H groups in total. The number of carbonyl (C=O) groups excluding carboxylic acids is 1. The molecule has 1 saturated heterocycles. The molecule has 1 amide bonds. The van der Waals surface area contributed by atoms with E-state index in [1.54, 1.807) is 6.20 Å². The summed E-state index contributed by atoms with van der Waals surface area (Å²) >= 11 is 0. The summed E-state index contributed by atoms with van der Waals surface area (Å²) < 4.78 is 0. The monoisotopic (exact) mass is 263 g/mol. The van der Waals surface area contributed by atoms with E-state index in [0.29, 0.717) is 18.2 Å². The molecule has 0 radical (unpaired) electrons. The van der Waals surface area contributed by atoms with Gasteiger partial charge in [0, 0.05) is 32.6 Å². The Bertz CT molecular complexity index is 440. The van der Waals surface area contributed by atoms with Crippen molar-refractivity contribution in [2.45, 2.75) is 20.3 Å². The zero-order valence-electron chi connectivity index (χ0n) is 11.5. The van der Waals surface area contributed by atoms with E-state index in [4.69, 9.17) is 5.73 Å². The lowest BCUT2D eigenvalue weighted by atomic mass is 10.1. The Morgan fingerprint density at radius 1 is 1.32 bits per heavy atom. The number of nitrogens with two attached hydrogens (primary N) is 1. The summed E-state index contributed by atoms with van der Waals surface area (Å²) in [7, 11) is 0. The molecule has 1 aliphatic rings. The van der Waals surface area contributed by atoms with Crippen LogP contribution in [0.25, 0.3) is 0 Å². The minimum absolute atomic E-state index is 0.244. The van der Waals surface area contributed by atoms with E-state index in [2.05, 4.69) is 28.7 Å². The molecular weight excluding hydrogens is 242 g/mol. The van der Waals surface area contributed by atoms with Crippen molar-refractivity contribution in [3.63, 3.8) is 0 Å². The zero-order valence-corrected chi connectivity index (χ0v) is 11.5. The van der Waals surface area contributed by atoms with Crippen LogP contribution in [0, 0.1) is 5.92 Å². The van der Waals surface area contributed by atoms with Crippen LogP contribution in [0.2, 0.25) is 0 Å². The normalized spacial score (nSPS) is 15.9. The van der Waals surface area contributed by atoms with E-state index in [1.807, 2.05) is 4.90 Å². The standard InChI is InChI=1S/C13H21N5O/c1-10(2)7-13(19)18-5-3-17(4-6-18)12-9-15-8-11(14)16-12/h8-10H,3-7H2,1-2H3,(H2,14,16). The van der Waals surface area contributed by atoms with Gasteiger partial charge in [0.2, 0.25) is 5.91 Å². The van der Waals surface area contributed by atoms with Crippen LogP contribution in [0.3, 0.4) is 0 Å². The van der Waals surface area contributed by atoms with Gasteiger partial charge < -0.3 is 15.5 Å². The Morgan fingerprint density at radius 3 is 2.58 bits per heavy atom. The molecule has 6 nitrogen and oxygen atoms in total. The van der Waals surface area contributed by atoms with Crippen molar-refractivity contribution in [1.29, 1.82) is 0 Å². The third kappa shape index (κ3) is 3.56. The molecule has 1 aromatic heterocycles. The first-order chi connectivity index (χ1) is 9.06. The van der Waals surface area contributed by atoms with Gasteiger partial charge in [-0.25, -0.2) is 4.98 Å². The number of hydrogen-bond acceptors (Lipinski definition) is 5. The maximum absolute atomic E-state index is 12.0. The molecule has 0 aliphatic carbocycles. The van der Waals surface area contributed by atoms with Crippen LogP contribution in [-0.2, 0) is 4.79 Å². The third-order valence-corrected chi connectivity index (χ3v) is 3.18. The van der Waals surface area contributed by atoms with Crippen molar-refractivity contribution in [2.24, 2.45) is 5.92 Å². The van der Waals surface area contributed by atoms with Gasteiger partial charge in [-0.05, 0) is 5.92 Å². The number of carbonyl (C=O) groups is 1. The maximum Gasteiger partial charge on any atom is 0.222 e. The fourth-order valence-corrected chi connectivity index (χ4v) is 2.19. The van der Waals surface area contributed by atoms with E-state index < -0.39 is 0 Å². The molecular formula is C13H21N5O. The van der Waals surface area contributed by atoms with Gasteiger partial charge in [0.05, 0.1) is 12.4 Å². The van der Waals surface area contributed by atoms with Crippen LogP contribution in [-0.4, -0.2) is 47.0 Å². The lowest BCUT2D eigenvalue weighted by Gasteiger charge is -2.35. The summed E-state index contributed by atoms with van der Waals surface area (Å²) in [6.45, 7) is 7.17. The third-order valence-electron chi connectivity index (χ3n) is 3.18. The van der Waals surface area contributed by atoms with Gasteiger partial charge in [-0.3, -0.25) is 9.78 Å². The van der Waals surface area contributed by atoms with Crippen LogP contribution in [0.5, 0.6) is 0 Å². The van der Waals surface area contributed by atoms with E-state index in [9.17, 15) is 4.79 Å². The van der Waals surface area contributed by atoms with Gasteiger partial charge in [0.1, 0.15) is 11.6 Å². The molecule has 0 spiro atoms. The molecule has 0 atom stereocenters. The molecule has 1 aliphatic heterocycles. The minimum atomic E-state index is 0.244. The maximum atomic E-state index is 12.0. The fraction of sp³-hybridized carbons (Fsp3) is 0.615. The van der Waals surface area contributed by atoms with Crippen molar-refractivity contribution < 1.29 is 4.79 Å². The van der Waals surface area contributed by atoms with E-state index in [0.717, 1.165) is 32.0 Å². The second kappa shape index (κ2) is 5.86. The number of hydrogen-bond donors (Lipinski definition) is 1. The van der Waals surface area contributed by atoms with E-state index >= 15 is 0 Å². The number of nitrogen functional groups attached to an aromatic ring is 1. The molecule has 0 bridgehead atoms. The molecule has 0 aromatic carbocycles. The summed E-state index contributed by atoms with van der Waals surface area (Å²) in [6, 6.07) is 0. The van der Waals surface area contributed by atoms with Crippen LogP contribution in [0.1, 0.15) is 20.3 Å². The summed E-state index contributed by atoms with van der Waals surface area (Å²) in [5.41, 5.74) is 5.63. The molecule has 2 rings (SSSR count). The molecule has 0 unspecified atom stereocenters.